The predicted octanol–water partition coefficient (Wildman–Crippen LogP) is 5.85. The first-order valence-corrected chi connectivity index (χ1v) is 10.8. The Balaban J connectivity index is 1.50. The molecule has 34 heavy (non-hydrogen) atoms. The molecule has 1 unspecified atom stereocenters. The standard InChI is InChI=1S/C25H21ClF3N3O2/c1-24(18-5-3-2-4-6-18)16-32(31-23(24)17-7-9-19(26)10-8-17)15-22(33)30-20-11-13-21(14-12-20)34-25(27,28)29/h2-14H,15-16H2,1H3,(H,30,33). The maximum Gasteiger partial charge on any atom is 0.573 e. The van der Waals surface area contributed by atoms with E-state index in [0.29, 0.717) is 17.3 Å². The van der Waals surface area contributed by atoms with Crippen LogP contribution in [0.25, 0.3) is 0 Å². The van der Waals surface area contributed by atoms with Crippen molar-refractivity contribution in [3.8, 4) is 5.75 Å². The van der Waals surface area contributed by atoms with Crippen molar-refractivity contribution in [1.82, 2.24) is 5.01 Å². The van der Waals surface area contributed by atoms with Gasteiger partial charge in [-0.15, -0.1) is 13.2 Å². The first kappa shape index (κ1) is 23.6. The van der Waals surface area contributed by atoms with Gasteiger partial charge < -0.3 is 10.1 Å². The van der Waals surface area contributed by atoms with Crippen LogP contribution in [-0.2, 0) is 10.2 Å². The Morgan fingerprint density at radius 3 is 2.32 bits per heavy atom. The first-order chi connectivity index (χ1) is 16.1. The number of anilines is 1. The van der Waals surface area contributed by atoms with Crippen LogP contribution in [0.1, 0.15) is 18.1 Å². The molecule has 4 rings (SSSR count). The van der Waals surface area contributed by atoms with Gasteiger partial charge in [0.1, 0.15) is 12.3 Å². The second-order valence-electron chi connectivity index (χ2n) is 8.10. The van der Waals surface area contributed by atoms with Gasteiger partial charge in [0.25, 0.3) is 0 Å². The Bertz CT molecular complexity index is 1180. The number of halogens is 4. The van der Waals surface area contributed by atoms with E-state index in [1.165, 1.54) is 12.1 Å². The van der Waals surface area contributed by atoms with Crippen LogP contribution in [0.15, 0.2) is 84.0 Å². The van der Waals surface area contributed by atoms with Gasteiger partial charge in [0, 0.05) is 10.7 Å². The SMILES string of the molecule is CC1(c2ccccc2)CN(CC(=O)Nc2ccc(OC(F)(F)F)cc2)N=C1c1ccc(Cl)cc1. The Hall–Kier alpha value is -3.52. The molecule has 176 valence electrons. The fourth-order valence-electron chi connectivity index (χ4n) is 3.94. The number of benzene rings is 3. The van der Waals surface area contributed by atoms with Crippen LogP contribution in [0, 0.1) is 0 Å². The van der Waals surface area contributed by atoms with Gasteiger partial charge in [0.15, 0.2) is 0 Å². The molecule has 1 atom stereocenters. The highest BCUT2D eigenvalue weighted by Gasteiger charge is 2.41. The zero-order chi connectivity index (χ0) is 24.3. The highest BCUT2D eigenvalue weighted by atomic mass is 35.5. The summed E-state index contributed by atoms with van der Waals surface area (Å²) < 4.78 is 40.8. The molecule has 1 heterocycles. The molecule has 0 saturated carbocycles. The molecule has 0 aliphatic carbocycles. The van der Waals surface area contributed by atoms with E-state index in [1.807, 2.05) is 42.5 Å². The topological polar surface area (TPSA) is 53.9 Å². The molecule has 0 aromatic heterocycles. The lowest BCUT2D eigenvalue weighted by Gasteiger charge is -2.27. The summed E-state index contributed by atoms with van der Waals surface area (Å²) in [7, 11) is 0. The van der Waals surface area contributed by atoms with Crippen LogP contribution < -0.4 is 10.1 Å². The number of nitrogens with one attached hydrogen (secondary N) is 1. The molecule has 0 spiro atoms. The fraction of sp³-hybridized carbons (Fsp3) is 0.200. The minimum absolute atomic E-state index is 0.0275. The van der Waals surface area contributed by atoms with Gasteiger partial charge in [-0.05, 0) is 54.4 Å². The second kappa shape index (κ2) is 9.38. The highest BCUT2D eigenvalue weighted by molar-refractivity contribution is 6.30. The molecule has 0 saturated heterocycles. The van der Waals surface area contributed by atoms with Gasteiger partial charge in [0.2, 0.25) is 5.91 Å². The molecule has 0 radical (unpaired) electrons. The normalized spacial score (nSPS) is 17.9. The van der Waals surface area contributed by atoms with E-state index < -0.39 is 11.8 Å². The largest absolute Gasteiger partial charge is 0.573 e. The molecule has 1 aliphatic rings. The third-order valence-corrected chi connectivity index (χ3v) is 5.74. The van der Waals surface area contributed by atoms with E-state index in [9.17, 15) is 18.0 Å². The van der Waals surface area contributed by atoms with Gasteiger partial charge in [-0.1, -0.05) is 54.1 Å². The smallest absolute Gasteiger partial charge is 0.406 e. The van der Waals surface area contributed by atoms with Crippen molar-refractivity contribution in [3.05, 3.63) is 95.0 Å². The molecular weight excluding hydrogens is 467 g/mol. The number of alkyl halides is 3. The lowest BCUT2D eigenvalue weighted by Crippen LogP contribution is -2.38. The molecule has 9 heteroatoms. The maximum atomic E-state index is 12.7. The predicted molar refractivity (Wildman–Crippen MR) is 125 cm³/mol. The van der Waals surface area contributed by atoms with Crippen LogP contribution in [-0.4, -0.2) is 36.1 Å². The molecule has 5 nitrogen and oxygen atoms in total. The Morgan fingerprint density at radius 2 is 1.71 bits per heavy atom. The lowest BCUT2D eigenvalue weighted by atomic mass is 9.76. The van der Waals surface area contributed by atoms with Crippen LogP contribution in [0.2, 0.25) is 5.02 Å². The Labute approximate surface area is 199 Å². The van der Waals surface area contributed by atoms with Crippen LogP contribution in [0.3, 0.4) is 0 Å². The van der Waals surface area contributed by atoms with Gasteiger partial charge in [0.05, 0.1) is 17.7 Å². The number of ether oxygens (including phenoxy) is 1. The summed E-state index contributed by atoms with van der Waals surface area (Å²) >= 11 is 6.06. The molecule has 0 bridgehead atoms. The van der Waals surface area contributed by atoms with E-state index in [4.69, 9.17) is 16.7 Å². The summed E-state index contributed by atoms with van der Waals surface area (Å²) in [5, 5.41) is 9.74. The van der Waals surface area contributed by atoms with Gasteiger partial charge >= 0.3 is 6.36 Å². The zero-order valence-electron chi connectivity index (χ0n) is 18.1. The van der Waals surface area contributed by atoms with E-state index in [1.54, 1.807) is 17.1 Å². The maximum absolute atomic E-state index is 12.7. The molecule has 0 fully saturated rings. The Kier molecular flexibility index (Phi) is 6.52. The molecule has 1 aliphatic heterocycles. The van der Waals surface area contributed by atoms with E-state index in [-0.39, 0.29) is 18.2 Å². The molecule has 3 aromatic carbocycles. The molecular formula is C25H21ClF3N3O2. The average molecular weight is 488 g/mol. The van der Waals surface area contributed by atoms with Crippen molar-refractivity contribution in [2.75, 3.05) is 18.4 Å². The number of hydrazone groups is 1. The molecule has 3 aromatic rings. The number of hydrogen-bond donors (Lipinski definition) is 1. The fourth-order valence-corrected chi connectivity index (χ4v) is 4.07. The Morgan fingerprint density at radius 1 is 1.06 bits per heavy atom. The summed E-state index contributed by atoms with van der Waals surface area (Å²) in [5.74, 6) is -0.707. The van der Waals surface area contributed by atoms with Crippen LogP contribution in [0.4, 0.5) is 18.9 Å². The minimum Gasteiger partial charge on any atom is -0.406 e. The monoisotopic (exact) mass is 487 g/mol. The summed E-state index contributed by atoms with van der Waals surface area (Å²) in [4.78, 5) is 12.7. The van der Waals surface area contributed by atoms with Crippen molar-refractivity contribution in [1.29, 1.82) is 0 Å². The highest BCUT2D eigenvalue weighted by Crippen LogP contribution is 2.35. The minimum atomic E-state index is -4.77. The van der Waals surface area contributed by atoms with Crippen LogP contribution >= 0.6 is 11.6 Å². The van der Waals surface area contributed by atoms with E-state index in [2.05, 4.69) is 17.0 Å². The number of carbonyl (C=O) groups is 1. The number of amides is 1. The zero-order valence-corrected chi connectivity index (χ0v) is 18.9. The third-order valence-electron chi connectivity index (χ3n) is 5.49. The van der Waals surface area contributed by atoms with Gasteiger partial charge in [-0.3, -0.25) is 9.80 Å². The number of carbonyl (C=O) groups excluding carboxylic acids is 1. The van der Waals surface area contributed by atoms with Crippen molar-refractivity contribution >= 4 is 28.9 Å². The van der Waals surface area contributed by atoms with Crippen molar-refractivity contribution in [2.24, 2.45) is 5.10 Å². The van der Waals surface area contributed by atoms with Crippen molar-refractivity contribution in [2.45, 2.75) is 18.7 Å². The molecule has 1 N–H and O–H groups in total. The average Bonchev–Trinajstić information content (AvgIpc) is 3.12. The number of nitrogens with zero attached hydrogens (tertiary/aromatic N) is 2. The van der Waals surface area contributed by atoms with Gasteiger partial charge in [-0.25, -0.2) is 0 Å². The van der Waals surface area contributed by atoms with E-state index in [0.717, 1.165) is 29.0 Å². The van der Waals surface area contributed by atoms with E-state index >= 15 is 0 Å². The summed E-state index contributed by atoms with van der Waals surface area (Å²) in [6.45, 7) is 2.52. The summed E-state index contributed by atoms with van der Waals surface area (Å²) in [6.07, 6.45) is -4.77. The third kappa shape index (κ3) is 5.51. The number of rotatable bonds is 6. The lowest BCUT2D eigenvalue weighted by molar-refractivity contribution is -0.274. The second-order valence-corrected chi connectivity index (χ2v) is 8.53. The van der Waals surface area contributed by atoms with Crippen molar-refractivity contribution < 1.29 is 22.7 Å². The molecule has 1 amide bonds. The quantitative estimate of drug-likeness (QED) is 0.474. The summed E-state index contributed by atoms with van der Waals surface area (Å²) in [5.41, 5.74) is 2.67. The summed E-state index contributed by atoms with van der Waals surface area (Å²) in [6, 6.07) is 22.3. The van der Waals surface area contributed by atoms with Crippen LogP contribution in [0.5, 0.6) is 5.75 Å². The van der Waals surface area contributed by atoms with Gasteiger partial charge in [-0.2, -0.15) is 5.10 Å². The van der Waals surface area contributed by atoms with Crippen molar-refractivity contribution in [3.63, 3.8) is 0 Å². The first-order valence-electron chi connectivity index (χ1n) is 10.4. The number of hydrogen-bond acceptors (Lipinski definition) is 4.